The highest BCUT2D eigenvalue weighted by Crippen LogP contribution is 2.36. The van der Waals surface area contributed by atoms with E-state index in [1.807, 2.05) is 11.9 Å². The average molecular weight is 326 g/mol. The first-order valence-corrected chi connectivity index (χ1v) is 7.28. The van der Waals surface area contributed by atoms with Crippen LogP contribution in [0.2, 0.25) is 0 Å². The van der Waals surface area contributed by atoms with Crippen LogP contribution in [0.3, 0.4) is 0 Å². The maximum Gasteiger partial charge on any atom is 0.416 e. The molecule has 5 nitrogen and oxygen atoms in total. The van der Waals surface area contributed by atoms with Gasteiger partial charge in [-0.1, -0.05) is 18.2 Å². The molecule has 1 aromatic carbocycles. The molecule has 3 rings (SSSR count). The number of halogens is 3. The van der Waals surface area contributed by atoms with E-state index in [2.05, 4.69) is 10.2 Å². The van der Waals surface area contributed by atoms with Crippen LogP contribution in [0.25, 0.3) is 0 Å². The molecule has 1 saturated heterocycles. The van der Waals surface area contributed by atoms with E-state index in [9.17, 15) is 13.2 Å². The highest BCUT2D eigenvalue weighted by atomic mass is 19.4. The summed E-state index contributed by atoms with van der Waals surface area (Å²) in [5.74, 6) is 0.773. The fourth-order valence-electron chi connectivity index (χ4n) is 2.72. The van der Waals surface area contributed by atoms with Crippen molar-refractivity contribution in [2.45, 2.75) is 18.8 Å². The minimum atomic E-state index is -4.38. The van der Waals surface area contributed by atoms with Gasteiger partial charge in [0.05, 0.1) is 24.8 Å². The lowest BCUT2D eigenvalue weighted by Crippen LogP contribution is -2.39. The molecule has 2 heterocycles. The molecule has 1 atom stereocenters. The number of morpholine rings is 1. The molecule has 1 fully saturated rings. The highest BCUT2D eigenvalue weighted by Gasteiger charge is 2.36. The Morgan fingerprint density at radius 3 is 2.78 bits per heavy atom. The van der Waals surface area contributed by atoms with E-state index in [1.165, 1.54) is 12.1 Å². The van der Waals surface area contributed by atoms with Gasteiger partial charge in [-0.15, -0.1) is 10.2 Å². The fraction of sp³-hybridized carbons (Fsp3) is 0.467. The summed E-state index contributed by atoms with van der Waals surface area (Å²) in [4.78, 5) is 2.03. The Balaban J connectivity index is 1.78. The third-order valence-corrected chi connectivity index (χ3v) is 3.93. The van der Waals surface area contributed by atoms with Gasteiger partial charge in [-0.2, -0.15) is 13.2 Å². The van der Waals surface area contributed by atoms with Gasteiger partial charge < -0.3 is 9.30 Å². The Morgan fingerprint density at radius 2 is 2.09 bits per heavy atom. The van der Waals surface area contributed by atoms with Crippen LogP contribution < -0.4 is 0 Å². The van der Waals surface area contributed by atoms with Crippen LogP contribution in [-0.2, 0) is 24.5 Å². The summed E-state index contributed by atoms with van der Waals surface area (Å²) in [7, 11) is 1.84. The molecule has 0 bridgehead atoms. The summed E-state index contributed by atoms with van der Waals surface area (Å²) in [6.07, 6.45) is -3.38. The molecule has 0 N–H and O–H groups in total. The molecule has 0 aliphatic carbocycles. The van der Waals surface area contributed by atoms with E-state index in [0.29, 0.717) is 26.2 Å². The van der Waals surface area contributed by atoms with Crippen LogP contribution in [0, 0.1) is 0 Å². The van der Waals surface area contributed by atoms with Crippen LogP contribution in [0.15, 0.2) is 30.6 Å². The topological polar surface area (TPSA) is 43.2 Å². The molecule has 1 aliphatic rings. The monoisotopic (exact) mass is 326 g/mol. The van der Waals surface area contributed by atoms with Crippen molar-refractivity contribution >= 4 is 0 Å². The minimum absolute atomic E-state index is 0.183. The maximum absolute atomic E-state index is 13.2. The quantitative estimate of drug-likeness (QED) is 0.869. The van der Waals surface area contributed by atoms with Crippen molar-refractivity contribution in [2.24, 2.45) is 7.05 Å². The zero-order valence-electron chi connectivity index (χ0n) is 12.6. The Morgan fingerprint density at radius 1 is 1.30 bits per heavy atom. The van der Waals surface area contributed by atoms with Crippen molar-refractivity contribution in [1.29, 1.82) is 0 Å². The van der Waals surface area contributed by atoms with Crippen LogP contribution in [-0.4, -0.2) is 39.4 Å². The summed E-state index contributed by atoms with van der Waals surface area (Å²) in [6, 6.07) is 5.58. The molecule has 0 saturated carbocycles. The number of rotatable bonds is 3. The largest absolute Gasteiger partial charge is 0.416 e. The Bertz CT molecular complexity index is 671. The van der Waals surface area contributed by atoms with E-state index in [4.69, 9.17) is 4.74 Å². The average Bonchev–Trinajstić information content (AvgIpc) is 2.92. The van der Waals surface area contributed by atoms with Gasteiger partial charge in [0.15, 0.2) is 0 Å². The van der Waals surface area contributed by atoms with Crippen LogP contribution in [0.4, 0.5) is 13.2 Å². The SMILES string of the molecule is Cn1cnnc1CN1CCO[C@H](c2ccccc2C(F)(F)F)C1. The second kappa shape index (κ2) is 6.29. The van der Waals surface area contributed by atoms with E-state index in [1.54, 1.807) is 17.0 Å². The molecular formula is C15H17F3N4O. The summed E-state index contributed by atoms with van der Waals surface area (Å²) >= 11 is 0. The lowest BCUT2D eigenvalue weighted by atomic mass is 10.0. The van der Waals surface area contributed by atoms with E-state index >= 15 is 0 Å². The molecular weight excluding hydrogens is 309 g/mol. The second-order valence-electron chi connectivity index (χ2n) is 5.54. The van der Waals surface area contributed by atoms with E-state index < -0.39 is 17.8 Å². The minimum Gasteiger partial charge on any atom is -0.371 e. The third kappa shape index (κ3) is 3.53. The number of ether oxygens (including phenoxy) is 1. The van der Waals surface area contributed by atoms with Crippen molar-refractivity contribution in [2.75, 3.05) is 19.7 Å². The van der Waals surface area contributed by atoms with E-state index in [0.717, 1.165) is 11.9 Å². The predicted octanol–water partition coefficient (Wildman–Crippen LogP) is 2.41. The summed E-state index contributed by atoms with van der Waals surface area (Å²) in [6.45, 7) is 1.96. The first kappa shape index (κ1) is 15.9. The van der Waals surface area contributed by atoms with Gasteiger partial charge in [0.2, 0.25) is 0 Å². The molecule has 1 aliphatic heterocycles. The number of hydrogen-bond acceptors (Lipinski definition) is 4. The van der Waals surface area contributed by atoms with Gasteiger partial charge in [-0.25, -0.2) is 0 Å². The Hall–Kier alpha value is -1.93. The molecule has 0 spiro atoms. The van der Waals surface area contributed by atoms with Gasteiger partial charge in [-0.3, -0.25) is 4.90 Å². The summed E-state index contributed by atoms with van der Waals surface area (Å²) in [5, 5.41) is 7.83. The second-order valence-corrected chi connectivity index (χ2v) is 5.54. The lowest BCUT2D eigenvalue weighted by Gasteiger charge is -2.33. The summed E-state index contributed by atoms with van der Waals surface area (Å²) in [5.41, 5.74) is -0.451. The van der Waals surface area contributed by atoms with Crippen molar-refractivity contribution in [1.82, 2.24) is 19.7 Å². The van der Waals surface area contributed by atoms with Crippen molar-refractivity contribution in [3.63, 3.8) is 0 Å². The molecule has 2 aromatic rings. The van der Waals surface area contributed by atoms with Crippen LogP contribution in [0.1, 0.15) is 23.1 Å². The molecule has 23 heavy (non-hydrogen) atoms. The maximum atomic E-state index is 13.2. The standard InChI is InChI=1S/C15H17F3N4O/c1-21-10-19-20-14(21)9-22-6-7-23-13(8-22)11-4-2-3-5-12(11)15(16,17)18/h2-5,10,13H,6-9H2,1H3/t13-/m0/s1. The fourth-order valence-corrected chi connectivity index (χ4v) is 2.72. The molecule has 0 radical (unpaired) electrons. The number of aryl methyl sites for hydroxylation is 1. The van der Waals surface area contributed by atoms with Gasteiger partial charge in [0.1, 0.15) is 12.2 Å². The molecule has 8 heteroatoms. The smallest absolute Gasteiger partial charge is 0.371 e. The first-order valence-electron chi connectivity index (χ1n) is 7.28. The zero-order chi connectivity index (χ0) is 16.4. The predicted molar refractivity (Wildman–Crippen MR) is 76.4 cm³/mol. The van der Waals surface area contributed by atoms with Crippen LogP contribution in [0.5, 0.6) is 0 Å². The number of nitrogens with zero attached hydrogens (tertiary/aromatic N) is 4. The number of alkyl halides is 3. The van der Waals surface area contributed by atoms with Gasteiger partial charge in [-0.05, 0) is 11.6 Å². The Kier molecular flexibility index (Phi) is 4.36. The molecule has 0 unspecified atom stereocenters. The molecule has 1 aromatic heterocycles. The first-order chi connectivity index (χ1) is 10.9. The van der Waals surface area contributed by atoms with Crippen molar-refractivity contribution in [3.05, 3.63) is 47.5 Å². The highest BCUT2D eigenvalue weighted by molar-refractivity contribution is 5.32. The third-order valence-electron chi connectivity index (χ3n) is 3.93. The van der Waals surface area contributed by atoms with Gasteiger partial charge in [0.25, 0.3) is 0 Å². The molecule has 0 amide bonds. The Labute approximate surface area is 131 Å². The van der Waals surface area contributed by atoms with Crippen LogP contribution >= 0.6 is 0 Å². The normalized spacial score (nSPS) is 19.9. The summed E-state index contributed by atoms with van der Waals surface area (Å²) < 4.78 is 46.9. The number of benzene rings is 1. The van der Waals surface area contributed by atoms with Crippen molar-refractivity contribution < 1.29 is 17.9 Å². The molecule has 124 valence electrons. The zero-order valence-corrected chi connectivity index (χ0v) is 12.6. The van der Waals surface area contributed by atoms with Gasteiger partial charge in [0, 0.05) is 20.1 Å². The van der Waals surface area contributed by atoms with Gasteiger partial charge >= 0.3 is 6.18 Å². The van der Waals surface area contributed by atoms with E-state index in [-0.39, 0.29) is 5.56 Å². The van der Waals surface area contributed by atoms with Crippen molar-refractivity contribution in [3.8, 4) is 0 Å². The number of hydrogen-bond donors (Lipinski definition) is 0. The lowest BCUT2D eigenvalue weighted by molar-refractivity contribution is -0.140. The number of aromatic nitrogens is 3.